The van der Waals surface area contributed by atoms with Gasteiger partial charge in [0, 0.05) is 30.7 Å². The largest absolute Gasteiger partial charge is 0.356 e. The maximum Gasteiger partial charge on any atom is 0.222 e. The second-order valence-corrected chi connectivity index (χ2v) is 5.54. The summed E-state index contributed by atoms with van der Waals surface area (Å²) in [5.41, 5.74) is 6.71. The van der Waals surface area contributed by atoms with Crippen LogP contribution in [0.1, 0.15) is 26.2 Å². The number of para-hydroxylation sites is 1. The van der Waals surface area contributed by atoms with E-state index in [1.807, 2.05) is 6.92 Å². The van der Waals surface area contributed by atoms with Gasteiger partial charge in [-0.25, -0.2) is 0 Å². The molecule has 2 aromatic rings. The summed E-state index contributed by atoms with van der Waals surface area (Å²) in [5.74, 6) is 0.196. The third-order valence-corrected chi connectivity index (χ3v) is 3.84. The number of hydrogen-bond acceptors (Lipinski definition) is 2. The van der Waals surface area contributed by atoms with Gasteiger partial charge >= 0.3 is 0 Å². The van der Waals surface area contributed by atoms with E-state index in [-0.39, 0.29) is 11.8 Å². The molecule has 4 nitrogen and oxygen atoms in total. The molecule has 0 aliphatic carbocycles. The molecule has 0 fully saturated rings. The van der Waals surface area contributed by atoms with Crippen LogP contribution < -0.4 is 11.1 Å². The molecule has 0 saturated heterocycles. The summed E-state index contributed by atoms with van der Waals surface area (Å²) in [7, 11) is 0. The van der Waals surface area contributed by atoms with E-state index < -0.39 is 0 Å². The van der Waals surface area contributed by atoms with Crippen LogP contribution >= 0.6 is 0 Å². The van der Waals surface area contributed by atoms with Gasteiger partial charge in [-0.05, 0) is 43.3 Å². The third-order valence-electron chi connectivity index (χ3n) is 3.84. The average Bonchev–Trinajstić information content (AvgIpc) is 2.92. The van der Waals surface area contributed by atoms with Crippen LogP contribution in [-0.2, 0) is 11.3 Å². The van der Waals surface area contributed by atoms with Gasteiger partial charge in [0.1, 0.15) is 0 Å². The fourth-order valence-corrected chi connectivity index (χ4v) is 2.53. The Morgan fingerprint density at radius 1 is 1.29 bits per heavy atom. The monoisotopic (exact) mass is 287 g/mol. The molecule has 4 heteroatoms. The topological polar surface area (TPSA) is 60.1 Å². The SMILES string of the molecule is CC(CCCN)C(=O)NCCCn1ccc2ccccc21. The number of nitrogens with zero attached hydrogens (tertiary/aromatic N) is 1. The maximum atomic E-state index is 11.9. The highest BCUT2D eigenvalue weighted by Crippen LogP contribution is 2.15. The van der Waals surface area contributed by atoms with Gasteiger partial charge in [0.2, 0.25) is 5.91 Å². The van der Waals surface area contributed by atoms with Crippen LogP contribution in [0.3, 0.4) is 0 Å². The number of aromatic nitrogens is 1. The number of nitrogens with one attached hydrogen (secondary N) is 1. The normalized spacial score (nSPS) is 12.5. The minimum absolute atomic E-state index is 0.0564. The van der Waals surface area contributed by atoms with Crippen LogP contribution in [-0.4, -0.2) is 23.6 Å². The molecule has 1 aromatic carbocycles. The molecule has 1 aromatic heterocycles. The summed E-state index contributed by atoms with van der Waals surface area (Å²) in [6.07, 6.45) is 4.82. The molecular weight excluding hydrogens is 262 g/mol. The van der Waals surface area contributed by atoms with Crippen molar-refractivity contribution in [3.8, 4) is 0 Å². The van der Waals surface area contributed by atoms with E-state index in [1.165, 1.54) is 10.9 Å². The number of benzene rings is 1. The summed E-state index contributed by atoms with van der Waals surface area (Å²) in [6, 6.07) is 10.5. The number of fused-ring (bicyclic) bond motifs is 1. The molecule has 21 heavy (non-hydrogen) atoms. The highest BCUT2D eigenvalue weighted by Gasteiger charge is 2.11. The second kappa shape index (κ2) is 7.84. The van der Waals surface area contributed by atoms with Crippen molar-refractivity contribution in [2.24, 2.45) is 11.7 Å². The maximum absolute atomic E-state index is 11.9. The lowest BCUT2D eigenvalue weighted by molar-refractivity contribution is -0.124. The molecule has 0 aliphatic heterocycles. The molecule has 2 rings (SSSR count). The highest BCUT2D eigenvalue weighted by atomic mass is 16.1. The molecule has 0 radical (unpaired) electrons. The number of amides is 1. The Bertz CT molecular complexity index is 576. The van der Waals surface area contributed by atoms with E-state index in [0.717, 1.165) is 32.4 Å². The van der Waals surface area contributed by atoms with E-state index in [4.69, 9.17) is 5.73 Å². The van der Waals surface area contributed by atoms with Gasteiger partial charge in [-0.1, -0.05) is 25.1 Å². The van der Waals surface area contributed by atoms with Gasteiger partial charge in [0.05, 0.1) is 0 Å². The van der Waals surface area contributed by atoms with E-state index in [9.17, 15) is 4.79 Å². The first-order chi connectivity index (χ1) is 10.2. The zero-order chi connectivity index (χ0) is 15.1. The molecule has 114 valence electrons. The predicted molar refractivity (Wildman–Crippen MR) is 87.0 cm³/mol. The molecule has 1 unspecified atom stereocenters. The molecule has 1 atom stereocenters. The molecule has 0 spiro atoms. The summed E-state index contributed by atoms with van der Waals surface area (Å²) in [6.45, 7) is 4.26. The first kappa shape index (κ1) is 15.6. The lowest BCUT2D eigenvalue weighted by Gasteiger charge is -2.12. The van der Waals surface area contributed by atoms with Gasteiger partial charge in [-0.15, -0.1) is 0 Å². The van der Waals surface area contributed by atoms with Gasteiger partial charge < -0.3 is 15.6 Å². The van der Waals surface area contributed by atoms with E-state index in [0.29, 0.717) is 6.54 Å². The molecule has 0 bridgehead atoms. The first-order valence-electron chi connectivity index (χ1n) is 7.74. The summed E-state index contributed by atoms with van der Waals surface area (Å²) < 4.78 is 2.24. The van der Waals surface area contributed by atoms with Gasteiger partial charge in [0.25, 0.3) is 0 Å². The number of carbonyl (C=O) groups is 1. The second-order valence-electron chi connectivity index (χ2n) is 5.54. The molecule has 0 aliphatic rings. The number of aryl methyl sites for hydroxylation is 1. The average molecular weight is 287 g/mol. The van der Waals surface area contributed by atoms with Crippen LogP contribution in [0, 0.1) is 5.92 Å². The van der Waals surface area contributed by atoms with Crippen molar-refractivity contribution in [3.05, 3.63) is 36.5 Å². The van der Waals surface area contributed by atoms with Crippen LogP contribution in [0.25, 0.3) is 10.9 Å². The quantitative estimate of drug-likeness (QED) is 0.733. The molecule has 1 amide bonds. The lowest BCUT2D eigenvalue weighted by atomic mass is 10.1. The zero-order valence-electron chi connectivity index (χ0n) is 12.7. The number of rotatable bonds is 8. The summed E-state index contributed by atoms with van der Waals surface area (Å²) >= 11 is 0. The Labute approximate surface area is 126 Å². The fraction of sp³-hybridized carbons (Fsp3) is 0.471. The summed E-state index contributed by atoms with van der Waals surface area (Å²) in [5, 5.41) is 4.27. The van der Waals surface area contributed by atoms with Crippen LogP contribution in [0.2, 0.25) is 0 Å². The fourth-order valence-electron chi connectivity index (χ4n) is 2.53. The van der Waals surface area contributed by atoms with Crippen molar-refractivity contribution in [3.63, 3.8) is 0 Å². The van der Waals surface area contributed by atoms with Crippen LogP contribution in [0.5, 0.6) is 0 Å². The Kier molecular flexibility index (Phi) is 5.81. The van der Waals surface area contributed by atoms with Crippen molar-refractivity contribution in [1.29, 1.82) is 0 Å². The number of nitrogens with two attached hydrogens (primary N) is 1. The predicted octanol–water partition coefficient (Wildman–Crippen LogP) is 2.52. The zero-order valence-corrected chi connectivity index (χ0v) is 12.7. The third kappa shape index (κ3) is 4.33. The van der Waals surface area contributed by atoms with E-state index in [2.05, 4.69) is 46.4 Å². The Morgan fingerprint density at radius 3 is 2.90 bits per heavy atom. The van der Waals surface area contributed by atoms with Gasteiger partial charge in [-0.3, -0.25) is 4.79 Å². The van der Waals surface area contributed by atoms with Crippen LogP contribution in [0.4, 0.5) is 0 Å². The number of hydrogen-bond donors (Lipinski definition) is 2. The minimum atomic E-state index is 0.0564. The van der Waals surface area contributed by atoms with Gasteiger partial charge in [0.15, 0.2) is 0 Å². The first-order valence-corrected chi connectivity index (χ1v) is 7.74. The standard InChI is InChI=1S/C17H25N3O/c1-14(6-4-10-18)17(21)19-11-5-12-20-13-9-15-7-2-3-8-16(15)20/h2-3,7-9,13-14H,4-6,10-12,18H2,1H3,(H,19,21). The van der Waals surface area contributed by atoms with Crippen LogP contribution in [0.15, 0.2) is 36.5 Å². The highest BCUT2D eigenvalue weighted by molar-refractivity contribution is 5.80. The van der Waals surface area contributed by atoms with Crippen molar-refractivity contribution in [1.82, 2.24) is 9.88 Å². The molecular formula is C17H25N3O. The van der Waals surface area contributed by atoms with Crippen molar-refractivity contribution < 1.29 is 4.79 Å². The van der Waals surface area contributed by atoms with E-state index >= 15 is 0 Å². The Balaban J connectivity index is 1.73. The van der Waals surface area contributed by atoms with Crippen molar-refractivity contribution in [2.75, 3.05) is 13.1 Å². The molecule has 1 heterocycles. The van der Waals surface area contributed by atoms with Crippen molar-refractivity contribution in [2.45, 2.75) is 32.7 Å². The Morgan fingerprint density at radius 2 is 2.10 bits per heavy atom. The molecule has 0 saturated carbocycles. The Hall–Kier alpha value is -1.81. The van der Waals surface area contributed by atoms with Gasteiger partial charge in [-0.2, -0.15) is 0 Å². The minimum Gasteiger partial charge on any atom is -0.356 e. The molecule has 3 N–H and O–H groups in total. The lowest BCUT2D eigenvalue weighted by Crippen LogP contribution is -2.30. The van der Waals surface area contributed by atoms with E-state index in [1.54, 1.807) is 0 Å². The summed E-state index contributed by atoms with van der Waals surface area (Å²) in [4.78, 5) is 11.9. The number of carbonyl (C=O) groups excluding carboxylic acids is 1. The van der Waals surface area contributed by atoms with Crippen molar-refractivity contribution >= 4 is 16.8 Å². The smallest absolute Gasteiger partial charge is 0.222 e.